The van der Waals surface area contributed by atoms with Gasteiger partial charge in [0.2, 0.25) is 10.0 Å². The minimum absolute atomic E-state index is 0.00237. The molecule has 1 aromatic heterocycles. The molecule has 0 aliphatic carbocycles. The van der Waals surface area contributed by atoms with Crippen molar-refractivity contribution < 1.29 is 26.4 Å². The van der Waals surface area contributed by atoms with Crippen LogP contribution in [0.2, 0.25) is 0 Å². The molecule has 3 aromatic rings. The van der Waals surface area contributed by atoms with Crippen molar-refractivity contribution in [1.82, 2.24) is 14.1 Å². The van der Waals surface area contributed by atoms with E-state index in [1.165, 1.54) is 52.8 Å². The second-order valence-corrected chi connectivity index (χ2v) is 8.68. The van der Waals surface area contributed by atoms with Crippen molar-refractivity contribution in [2.45, 2.75) is 24.9 Å². The minimum Gasteiger partial charge on any atom is -0.322 e. The molecular weight excluding hydrogens is 445 g/mol. The number of nitrogens with zero attached hydrogens (tertiary/aromatic N) is 3. The molecule has 7 nitrogen and oxygen atoms in total. The van der Waals surface area contributed by atoms with E-state index in [0.29, 0.717) is 18.8 Å². The second kappa shape index (κ2) is 9.13. The molecule has 0 aliphatic heterocycles. The Morgan fingerprint density at radius 2 is 1.72 bits per heavy atom. The van der Waals surface area contributed by atoms with Gasteiger partial charge in [0, 0.05) is 24.3 Å². The number of carbonyl (C=O) groups excluding carboxylic acids is 1. The average molecular weight is 466 g/mol. The monoisotopic (exact) mass is 466 g/mol. The summed E-state index contributed by atoms with van der Waals surface area (Å²) in [5.41, 5.74) is -0.279. The highest BCUT2D eigenvalue weighted by atomic mass is 32.2. The van der Waals surface area contributed by atoms with Gasteiger partial charge in [-0.1, -0.05) is 19.9 Å². The Labute approximate surface area is 183 Å². The molecule has 11 heteroatoms. The van der Waals surface area contributed by atoms with Crippen LogP contribution >= 0.6 is 0 Å². The van der Waals surface area contributed by atoms with Gasteiger partial charge in [-0.05, 0) is 48.5 Å². The quantitative estimate of drug-likeness (QED) is 0.566. The highest BCUT2D eigenvalue weighted by Gasteiger charge is 2.35. The molecule has 0 radical (unpaired) electrons. The Morgan fingerprint density at radius 3 is 2.31 bits per heavy atom. The van der Waals surface area contributed by atoms with Crippen molar-refractivity contribution in [3.8, 4) is 5.69 Å². The largest absolute Gasteiger partial charge is 0.433 e. The van der Waals surface area contributed by atoms with Crippen molar-refractivity contribution in [2.75, 3.05) is 18.4 Å². The fraction of sp³-hybridized carbons (Fsp3) is 0.238. The Bertz CT molecular complexity index is 1200. The maximum Gasteiger partial charge on any atom is 0.433 e. The molecular formula is C21H21F3N4O3S. The van der Waals surface area contributed by atoms with E-state index in [1.54, 1.807) is 13.8 Å². The van der Waals surface area contributed by atoms with Crippen LogP contribution in [0.3, 0.4) is 0 Å². The molecule has 2 aromatic carbocycles. The number of anilines is 1. The predicted octanol–water partition coefficient (Wildman–Crippen LogP) is 4.17. The van der Waals surface area contributed by atoms with E-state index >= 15 is 0 Å². The van der Waals surface area contributed by atoms with Crippen molar-refractivity contribution in [2.24, 2.45) is 0 Å². The fourth-order valence-corrected chi connectivity index (χ4v) is 4.63. The van der Waals surface area contributed by atoms with Gasteiger partial charge in [0.15, 0.2) is 0 Å². The first-order valence-electron chi connectivity index (χ1n) is 9.71. The molecule has 32 heavy (non-hydrogen) atoms. The molecule has 1 N–H and O–H groups in total. The number of carbonyl (C=O) groups is 1. The predicted molar refractivity (Wildman–Crippen MR) is 113 cm³/mol. The van der Waals surface area contributed by atoms with Gasteiger partial charge in [0.05, 0.1) is 16.8 Å². The zero-order valence-electron chi connectivity index (χ0n) is 17.3. The van der Waals surface area contributed by atoms with Gasteiger partial charge in [-0.3, -0.25) is 4.79 Å². The van der Waals surface area contributed by atoms with Crippen molar-refractivity contribution in [3.63, 3.8) is 0 Å². The van der Waals surface area contributed by atoms with Crippen molar-refractivity contribution in [1.29, 1.82) is 0 Å². The van der Waals surface area contributed by atoms with Gasteiger partial charge in [-0.15, -0.1) is 0 Å². The van der Waals surface area contributed by atoms with Crippen LogP contribution < -0.4 is 5.32 Å². The summed E-state index contributed by atoms with van der Waals surface area (Å²) in [5, 5.41) is 6.31. The Hall–Kier alpha value is -3.18. The number of rotatable bonds is 7. The third-order valence-electron chi connectivity index (χ3n) is 4.74. The summed E-state index contributed by atoms with van der Waals surface area (Å²) in [6.45, 7) is 4.05. The first-order valence-corrected chi connectivity index (χ1v) is 11.1. The number of nitrogens with one attached hydrogen (secondary N) is 1. The van der Waals surface area contributed by atoms with E-state index in [1.807, 2.05) is 0 Å². The van der Waals surface area contributed by atoms with Gasteiger partial charge in [0.1, 0.15) is 5.69 Å². The van der Waals surface area contributed by atoms with E-state index in [2.05, 4.69) is 10.4 Å². The molecule has 3 rings (SSSR count). The number of aromatic nitrogens is 2. The molecule has 1 amide bonds. The smallest absolute Gasteiger partial charge is 0.322 e. The first kappa shape index (κ1) is 23.5. The Kier molecular flexibility index (Phi) is 6.70. The highest BCUT2D eigenvalue weighted by molar-refractivity contribution is 7.89. The Balaban J connectivity index is 1.80. The van der Waals surface area contributed by atoms with Crippen LogP contribution in [-0.4, -0.2) is 41.5 Å². The van der Waals surface area contributed by atoms with Crippen LogP contribution in [0.5, 0.6) is 0 Å². The lowest BCUT2D eigenvalue weighted by atomic mass is 10.2. The third kappa shape index (κ3) is 4.83. The standard InChI is InChI=1S/C21H21F3N4O3S/c1-3-27(4-2)32(30,31)18-7-5-6-15(14-18)20(29)26-16-8-10-17(11-9-16)28-19(12-13-25-28)21(22,23)24/h5-14H,3-4H2,1-2H3,(H,26,29). The van der Waals surface area contributed by atoms with E-state index in [9.17, 15) is 26.4 Å². The minimum atomic E-state index is -4.56. The van der Waals surface area contributed by atoms with Gasteiger partial charge in [0.25, 0.3) is 5.91 Å². The normalized spacial score (nSPS) is 12.2. The average Bonchev–Trinajstić information content (AvgIpc) is 3.26. The first-order chi connectivity index (χ1) is 15.1. The van der Waals surface area contributed by atoms with Crippen LogP contribution in [-0.2, 0) is 16.2 Å². The summed E-state index contributed by atoms with van der Waals surface area (Å²) in [5.74, 6) is -0.551. The van der Waals surface area contributed by atoms with E-state index < -0.39 is 27.8 Å². The zero-order chi connectivity index (χ0) is 23.5. The van der Waals surface area contributed by atoms with Crippen LogP contribution in [0.25, 0.3) is 5.69 Å². The molecule has 0 spiro atoms. The molecule has 170 valence electrons. The summed E-state index contributed by atoms with van der Waals surface area (Å²) in [6.07, 6.45) is -3.50. The number of benzene rings is 2. The number of sulfonamides is 1. The van der Waals surface area contributed by atoms with Gasteiger partial charge >= 0.3 is 6.18 Å². The zero-order valence-corrected chi connectivity index (χ0v) is 18.1. The third-order valence-corrected chi connectivity index (χ3v) is 6.79. The molecule has 0 saturated heterocycles. The van der Waals surface area contributed by atoms with E-state index in [0.717, 1.165) is 16.9 Å². The number of alkyl halides is 3. The molecule has 0 bridgehead atoms. The SMILES string of the molecule is CCN(CC)S(=O)(=O)c1cccc(C(=O)Nc2ccc(-n3nccc3C(F)(F)F)cc2)c1. The topological polar surface area (TPSA) is 84.3 Å². The van der Waals surface area contributed by atoms with Crippen molar-refractivity contribution in [3.05, 3.63) is 72.1 Å². The van der Waals surface area contributed by atoms with Crippen LogP contribution in [0.1, 0.15) is 29.9 Å². The number of amides is 1. The van der Waals surface area contributed by atoms with Gasteiger partial charge < -0.3 is 5.32 Å². The van der Waals surface area contributed by atoms with Crippen LogP contribution in [0.4, 0.5) is 18.9 Å². The van der Waals surface area contributed by atoms with Crippen LogP contribution in [0.15, 0.2) is 65.7 Å². The lowest BCUT2D eigenvalue weighted by Crippen LogP contribution is -2.30. The summed E-state index contributed by atoms with van der Waals surface area (Å²) >= 11 is 0. The molecule has 0 saturated carbocycles. The van der Waals surface area contributed by atoms with E-state index in [4.69, 9.17) is 0 Å². The molecule has 0 atom stereocenters. The molecule has 0 aliphatic rings. The Morgan fingerprint density at radius 1 is 1.06 bits per heavy atom. The highest BCUT2D eigenvalue weighted by Crippen LogP contribution is 2.30. The summed E-state index contributed by atoms with van der Waals surface area (Å²) < 4.78 is 66.6. The summed E-state index contributed by atoms with van der Waals surface area (Å²) in [7, 11) is -3.73. The lowest BCUT2D eigenvalue weighted by Gasteiger charge is -2.18. The molecule has 0 unspecified atom stereocenters. The number of halogens is 3. The van der Waals surface area contributed by atoms with Gasteiger partial charge in [-0.2, -0.15) is 22.6 Å². The number of hydrogen-bond acceptors (Lipinski definition) is 4. The maximum absolute atomic E-state index is 13.1. The molecule has 0 fully saturated rings. The molecule has 1 heterocycles. The summed E-state index contributed by atoms with van der Waals surface area (Å²) in [4.78, 5) is 12.6. The summed E-state index contributed by atoms with van der Waals surface area (Å²) in [6, 6.07) is 12.2. The van der Waals surface area contributed by atoms with Crippen LogP contribution in [0, 0.1) is 0 Å². The van der Waals surface area contributed by atoms with E-state index in [-0.39, 0.29) is 16.1 Å². The maximum atomic E-state index is 13.1. The lowest BCUT2D eigenvalue weighted by molar-refractivity contribution is -0.142. The fourth-order valence-electron chi connectivity index (χ4n) is 3.12. The van der Waals surface area contributed by atoms with Gasteiger partial charge in [-0.25, -0.2) is 13.1 Å². The number of hydrogen-bond donors (Lipinski definition) is 1. The second-order valence-electron chi connectivity index (χ2n) is 6.74. The van der Waals surface area contributed by atoms with Crippen molar-refractivity contribution >= 4 is 21.6 Å².